The molecule has 0 spiro atoms. The van der Waals surface area contributed by atoms with Crippen molar-refractivity contribution < 1.29 is 22.4 Å². The van der Waals surface area contributed by atoms with E-state index in [0.717, 1.165) is 11.8 Å². The minimum atomic E-state index is -4.86. The molecule has 6 heteroatoms. The topological polar surface area (TPSA) is 17.1 Å². The number of carbonyl (C=O) groups excluding carboxylic acids is 1. The number of halogens is 4. The lowest BCUT2D eigenvalue weighted by atomic mass is 9.80. The Bertz CT molecular complexity index is 480. The van der Waals surface area contributed by atoms with Gasteiger partial charge >= 0.3 is 6.18 Å². The standard InChI is InChI=1S/C13H14F4OS/c1-12(2,7-10(18)13(15,16)17)8-5-4-6-9(14)11(8)19-3/h4-6H,7H2,1-3H3. The van der Waals surface area contributed by atoms with E-state index in [-0.39, 0.29) is 4.90 Å². The number of rotatable bonds is 4. The number of Topliss-reactive ketones (excluding diaryl/α,β-unsaturated/α-hetero) is 1. The Balaban J connectivity index is 3.14. The molecule has 0 aliphatic rings. The molecule has 0 saturated carbocycles. The second kappa shape index (κ2) is 5.53. The van der Waals surface area contributed by atoms with Crippen LogP contribution in [0.4, 0.5) is 17.6 Å². The summed E-state index contributed by atoms with van der Waals surface area (Å²) in [4.78, 5) is 11.4. The Morgan fingerprint density at radius 3 is 2.32 bits per heavy atom. The van der Waals surface area contributed by atoms with Crippen LogP contribution in [0.5, 0.6) is 0 Å². The lowest BCUT2D eigenvalue weighted by Crippen LogP contribution is -2.31. The van der Waals surface area contributed by atoms with Crippen molar-refractivity contribution in [1.82, 2.24) is 0 Å². The molecule has 1 aromatic carbocycles. The van der Waals surface area contributed by atoms with Crippen molar-refractivity contribution in [3.63, 3.8) is 0 Å². The maximum absolute atomic E-state index is 13.6. The van der Waals surface area contributed by atoms with Gasteiger partial charge in [-0.15, -0.1) is 11.8 Å². The first-order valence-electron chi connectivity index (χ1n) is 5.52. The minimum Gasteiger partial charge on any atom is -0.290 e. The Labute approximate surface area is 113 Å². The van der Waals surface area contributed by atoms with Gasteiger partial charge in [-0.2, -0.15) is 13.2 Å². The number of carbonyl (C=O) groups is 1. The summed E-state index contributed by atoms with van der Waals surface area (Å²) in [5, 5.41) is 0. The van der Waals surface area contributed by atoms with E-state index in [0.29, 0.717) is 5.56 Å². The number of ketones is 1. The van der Waals surface area contributed by atoms with Gasteiger partial charge in [-0.25, -0.2) is 4.39 Å². The van der Waals surface area contributed by atoms with Gasteiger partial charge < -0.3 is 0 Å². The van der Waals surface area contributed by atoms with Crippen LogP contribution in [0.1, 0.15) is 25.8 Å². The first-order chi connectivity index (χ1) is 8.59. The van der Waals surface area contributed by atoms with Crippen LogP contribution in [0.2, 0.25) is 0 Å². The van der Waals surface area contributed by atoms with Gasteiger partial charge in [0.25, 0.3) is 0 Å². The average Bonchev–Trinajstić information content (AvgIpc) is 2.26. The van der Waals surface area contributed by atoms with E-state index in [2.05, 4.69) is 0 Å². The molecule has 1 nitrogen and oxygen atoms in total. The summed E-state index contributed by atoms with van der Waals surface area (Å²) in [6, 6.07) is 4.24. The van der Waals surface area contributed by atoms with Crippen LogP contribution >= 0.6 is 11.8 Å². The Hall–Kier alpha value is -1.04. The van der Waals surface area contributed by atoms with Crippen LogP contribution in [0.15, 0.2) is 23.1 Å². The van der Waals surface area contributed by atoms with Crippen LogP contribution in [-0.4, -0.2) is 18.2 Å². The van der Waals surface area contributed by atoms with E-state index >= 15 is 0 Å². The average molecular weight is 294 g/mol. The van der Waals surface area contributed by atoms with Gasteiger partial charge in [0.2, 0.25) is 5.78 Å². The second-order valence-electron chi connectivity index (χ2n) is 4.80. The summed E-state index contributed by atoms with van der Waals surface area (Å²) in [5.74, 6) is -2.29. The lowest BCUT2D eigenvalue weighted by molar-refractivity contribution is -0.172. The molecule has 1 rings (SSSR count). The summed E-state index contributed by atoms with van der Waals surface area (Å²) in [6.07, 6.45) is -3.92. The largest absolute Gasteiger partial charge is 0.450 e. The Kier molecular flexibility index (Phi) is 4.66. The Morgan fingerprint density at radius 2 is 1.84 bits per heavy atom. The van der Waals surface area contributed by atoms with Crippen LogP contribution in [0.25, 0.3) is 0 Å². The third-order valence-electron chi connectivity index (χ3n) is 2.82. The van der Waals surface area contributed by atoms with Crippen molar-refractivity contribution in [2.75, 3.05) is 6.26 Å². The van der Waals surface area contributed by atoms with Crippen molar-refractivity contribution in [2.45, 2.75) is 36.8 Å². The molecule has 0 fully saturated rings. The van der Waals surface area contributed by atoms with Gasteiger partial charge in [0.05, 0.1) is 0 Å². The minimum absolute atomic E-state index is 0.280. The van der Waals surface area contributed by atoms with Crippen molar-refractivity contribution in [3.05, 3.63) is 29.6 Å². The van der Waals surface area contributed by atoms with E-state index in [4.69, 9.17) is 0 Å². The molecule has 0 atom stereocenters. The number of benzene rings is 1. The fraction of sp³-hybridized carbons (Fsp3) is 0.462. The number of hydrogen-bond donors (Lipinski definition) is 0. The summed E-state index contributed by atoms with van der Waals surface area (Å²) < 4.78 is 50.6. The highest BCUT2D eigenvalue weighted by Gasteiger charge is 2.42. The Morgan fingerprint density at radius 1 is 1.26 bits per heavy atom. The van der Waals surface area contributed by atoms with Crippen LogP contribution in [-0.2, 0) is 10.2 Å². The summed E-state index contributed by atoms with van der Waals surface area (Å²) in [7, 11) is 0. The molecule has 0 aromatic heterocycles. The highest BCUT2D eigenvalue weighted by atomic mass is 32.2. The van der Waals surface area contributed by atoms with Gasteiger partial charge in [-0.1, -0.05) is 26.0 Å². The monoisotopic (exact) mass is 294 g/mol. The fourth-order valence-electron chi connectivity index (χ4n) is 1.85. The molecule has 19 heavy (non-hydrogen) atoms. The van der Waals surface area contributed by atoms with Gasteiger partial charge in [0, 0.05) is 11.3 Å². The molecule has 1 aromatic rings. The van der Waals surface area contributed by atoms with Crippen molar-refractivity contribution in [3.8, 4) is 0 Å². The van der Waals surface area contributed by atoms with Crippen molar-refractivity contribution >= 4 is 17.5 Å². The molecule has 0 bridgehead atoms. The van der Waals surface area contributed by atoms with E-state index < -0.39 is 29.6 Å². The van der Waals surface area contributed by atoms with E-state index in [9.17, 15) is 22.4 Å². The predicted molar refractivity (Wildman–Crippen MR) is 66.9 cm³/mol. The van der Waals surface area contributed by atoms with Crippen LogP contribution in [0.3, 0.4) is 0 Å². The van der Waals surface area contributed by atoms with Gasteiger partial charge in [-0.05, 0) is 23.3 Å². The number of hydrogen-bond acceptors (Lipinski definition) is 2. The van der Waals surface area contributed by atoms with Gasteiger partial charge in [-0.3, -0.25) is 4.79 Å². The molecule has 106 valence electrons. The molecular formula is C13H14F4OS. The molecule has 0 aliphatic heterocycles. The molecule has 0 amide bonds. The van der Waals surface area contributed by atoms with Gasteiger partial charge in [0.15, 0.2) is 0 Å². The van der Waals surface area contributed by atoms with Crippen LogP contribution < -0.4 is 0 Å². The molecule has 0 N–H and O–H groups in total. The smallest absolute Gasteiger partial charge is 0.290 e. The molecular weight excluding hydrogens is 280 g/mol. The summed E-state index contributed by atoms with van der Waals surface area (Å²) in [6.45, 7) is 3.01. The quantitative estimate of drug-likeness (QED) is 0.606. The zero-order valence-electron chi connectivity index (χ0n) is 10.8. The molecule has 0 aliphatic carbocycles. The van der Waals surface area contributed by atoms with Gasteiger partial charge in [0.1, 0.15) is 5.82 Å². The molecule has 0 unspecified atom stereocenters. The predicted octanol–water partition coefficient (Wildman–Crippen LogP) is 4.35. The summed E-state index contributed by atoms with van der Waals surface area (Å²) in [5.41, 5.74) is -0.662. The lowest BCUT2D eigenvalue weighted by Gasteiger charge is -2.27. The normalized spacial score (nSPS) is 12.6. The SMILES string of the molecule is CSc1c(F)cccc1C(C)(C)CC(=O)C(F)(F)F. The maximum atomic E-state index is 13.6. The third-order valence-corrected chi connectivity index (χ3v) is 3.64. The fourth-order valence-corrected chi connectivity index (χ4v) is 2.67. The third kappa shape index (κ3) is 3.72. The van der Waals surface area contributed by atoms with E-state index in [1.54, 1.807) is 12.3 Å². The maximum Gasteiger partial charge on any atom is 0.450 e. The zero-order valence-corrected chi connectivity index (χ0v) is 11.6. The zero-order chi connectivity index (χ0) is 14.8. The molecule has 0 saturated heterocycles. The summed E-state index contributed by atoms with van der Waals surface area (Å²) >= 11 is 1.12. The van der Waals surface area contributed by atoms with E-state index in [1.807, 2.05) is 0 Å². The van der Waals surface area contributed by atoms with Crippen molar-refractivity contribution in [2.24, 2.45) is 0 Å². The number of alkyl halides is 3. The second-order valence-corrected chi connectivity index (χ2v) is 5.62. The molecule has 0 radical (unpaired) electrons. The first-order valence-corrected chi connectivity index (χ1v) is 6.75. The molecule has 0 heterocycles. The van der Waals surface area contributed by atoms with Crippen LogP contribution in [0, 0.1) is 5.82 Å². The highest BCUT2D eigenvalue weighted by molar-refractivity contribution is 7.98. The van der Waals surface area contributed by atoms with Crippen molar-refractivity contribution in [1.29, 1.82) is 0 Å². The highest BCUT2D eigenvalue weighted by Crippen LogP contribution is 2.37. The number of thioether (sulfide) groups is 1. The van der Waals surface area contributed by atoms with E-state index in [1.165, 1.54) is 26.0 Å². The first kappa shape index (κ1) is 16.0.